The number of halogens is 3. The monoisotopic (exact) mass is 310 g/mol. The minimum Gasteiger partial charge on any atom is -0.388 e. The number of aliphatic hydroxyl groups excluding tert-OH is 1. The van der Waals surface area contributed by atoms with Crippen molar-refractivity contribution in [1.29, 1.82) is 0 Å². The summed E-state index contributed by atoms with van der Waals surface area (Å²) in [5.41, 5.74) is 0. The van der Waals surface area contributed by atoms with Gasteiger partial charge >= 0.3 is 12.2 Å². The van der Waals surface area contributed by atoms with Gasteiger partial charge in [0, 0.05) is 12.5 Å². The van der Waals surface area contributed by atoms with Crippen LogP contribution in [0, 0.1) is 5.92 Å². The van der Waals surface area contributed by atoms with Crippen molar-refractivity contribution in [1.82, 2.24) is 10.6 Å². The first kappa shape index (κ1) is 16.4. The predicted molar refractivity (Wildman–Crippen MR) is 68.7 cm³/mol. The summed E-state index contributed by atoms with van der Waals surface area (Å²) in [5.74, 6) is -0.575. The van der Waals surface area contributed by atoms with E-state index in [4.69, 9.17) is 4.74 Å². The molecule has 2 fully saturated rings. The summed E-state index contributed by atoms with van der Waals surface area (Å²) in [5, 5.41) is 14.7. The van der Waals surface area contributed by atoms with Crippen LogP contribution in [-0.4, -0.2) is 48.7 Å². The lowest BCUT2D eigenvalue weighted by Crippen LogP contribution is -2.52. The van der Waals surface area contributed by atoms with Crippen LogP contribution in [0.5, 0.6) is 0 Å². The normalized spacial score (nSPS) is 33.7. The summed E-state index contributed by atoms with van der Waals surface area (Å²) in [6.45, 7) is 0.371. The molecule has 1 aliphatic carbocycles. The predicted octanol–water partition coefficient (Wildman–Crippen LogP) is 1.56. The Morgan fingerprint density at radius 3 is 2.43 bits per heavy atom. The summed E-state index contributed by atoms with van der Waals surface area (Å²) < 4.78 is 42.7. The number of amides is 2. The number of aliphatic hydroxyl groups is 1. The first-order valence-corrected chi connectivity index (χ1v) is 7.25. The van der Waals surface area contributed by atoms with Crippen LogP contribution in [0.15, 0.2) is 0 Å². The van der Waals surface area contributed by atoms with E-state index in [1.807, 2.05) is 0 Å². The molecule has 0 radical (unpaired) electrons. The highest BCUT2D eigenvalue weighted by Crippen LogP contribution is 2.34. The molecule has 0 aromatic rings. The summed E-state index contributed by atoms with van der Waals surface area (Å²) in [7, 11) is 0. The molecule has 5 nitrogen and oxygen atoms in total. The average molecular weight is 310 g/mol. The van der Waals surface area contributed by atoms with Gasteiger partial charge < -0.3 is 20.5 Å². The average Bonchev–Trinajstić information content (AvgIpc) is 2.76. The molecule has 21 heavy (non-hydrogen) atoms. The van der Waals surface area contributed by atoms with Crippen molar-refractivity contribution >= 4 is 6.03 Å². The van der Waals surface area contributed by atoms with Gasteiger partial charge in [-0.1, -0.05) is 12.8 Å². The maximum atomic E-state index is 12.6. The van der Waals surface area contributed by atoms with Crippen LogP contribution >= 0.6 is 0 Å². The lowest BCUT2D eigenvalue weighted by Gasteiger charge is -2.33. The number of carbonyl (C=O) groups is 1. The minimum absolute atomic E-state index is 0.158. The molecule has 0 aromatic carbocycles. The fraction of sp³-hybridized carbons (Fsp3) is 0.923. The van der Waals surface area contributed by atoms with Gasteiger partial charge in [0.25, 0.3) is 0 Å². The van der Waals surface area contributed by atoms with Crippen molar-refractivity contribution in [2.24, 2.45) is 5.92 Å². The van der Waals surface area contributed by atoms with Gasteiger partial charge in [0.05, 0.1) is 25.4 Å². The number of hydrogen-bond acceptors (Lipinski definition) is 3. The van der Waals surface area contributed by atoms with Crippen molar-refractivity contribution < 1.29 is 27.8 Å². The van der Waals surface area contributed by atoms with E-state index in [2.05, 4.69) is 10.6 Å². The molecule has 0 bridgehead atoms. The Bertz CT molecular complexity index is 365. The highest BCUT2D eigenvalue weighted by molar-refractivity contribution is 5.74. The van der Waals surface area contributed by atoms with Crippen molar-refractivity contribution in [2.45, 2.75) is 56.5 Å². The first-order chi connectivity index (χ1) is 9.85. The van der Waals surface area contributed by atoms with Gasteiger partial charge in [0.1, 0.15) is 0 Å². The van der Waals surface area contributed by atoms with E-state index < -0.39 is 42.7 Å². The summed E-state index contributed by atoms with van der Waals surface area (Å²) >= 11 is 0. The third kappa shape index (κ3) is 5.03. The molecule has 1 saturated heterocycles. The second kappa shape index (κ2) is 6.83. The van der Waals surface area contributed by atoms with Crippen LogP contribution in [0.1, 0.15) is 32.1 Å². The van der Waals surface area contributed by atoms with Crippen molar-refractivity contribution in [3.8, 4) is 0 Å². The Morgan fingerprint density at radius 1 is 1.14 bits per heavy atom. The Kier molecular flexibility index (Phi) is 5.32. The Labute approximate surface area is 121 Å². The van der Waals surface area contributed by atoms with Crippen molar-refractivity contribution in [3.63, 3.8) is 0 Å². The van der Waals surface area contributed by atoms with Crippen LogP contribution in [0.4, 0.5) is 18.0 Å². The Hall–Kier alpha value is -1.02. The smallest absolute Gasteiger partial charge is 0.388 e. The summed E-state index contributed by atoms with van der Waals surface area (Å²) in [4.78, 5) is 11.9. The molecule has 3 N–H and O–H groups in total. The number of alkyl halides is 3. The van der Waals surface area contributed by atoms with Gasteiger partial charge in [-0.2, -0.15) is 13.2 Å². The molecule has 0 aromatic heterocycles. The van der Waals surface area contributed by atoms with E-state index in [1.54, 1.807) is 0 Å². The maximum absolute atomic E-state index is 12.6. The number of nitrogens with one attached hydrogen (secondary N) is 2. The zero-order chi connectivity index (χ0) is 15.5. The van der Waals surface area contributed by atoms with E-state index in [0.29, 0.717) is 12.8 Å². The van der Waals surface area contributed by atoms with E-state index in [0.717, 1.165) is 12.8 Å². The van der Waals surface area contributed by atoms with Gasteiger partial charge in [-0.15, -0.1) is 0 Å². The molecule has 0 unspecified atom stereocenters. The van der Waals surface area contributed by atoms with Crippen LogP contribution < -0.4 is 10.6 Å². The molecule has 1 saturated carbocycles. The van der Waals surface area contributed by atoms with E-state index >= 15 is 0 Å². The zero-order valence-electron chi connectivity index (χ0n) is 11.7. The van der Waals surface area contributed by atoms with E-state index in [9.17, 15) is 23.1 Å². The quantitative estimate of drug-likeness (QED) is 0.741. The van der Waals surface area contributed by atoms with Gasteiger partial charge in [0.2, 0.25) is 0 Å². The third-order valence-electron chi connectivity index (χ3n) is 4.09. The molecule has 2 amide bonds. The lowest BCUT2D eigenvalue weighted by atomic mass is 9.82. The van der Waals surface area contributed by atoms with Crippen LogP contribution in [-0.2, 0) is 4.74 Å². The second-order valence-electron chi connectivity index (χ2n) is 5.80. The summed E-state index contributed by atoms with van der Waals surface area (Å²) in [6, 6.07) is -1.52. The number of urea groups is 1. The molecule has 2 rings (SSSR count). The Balaban J connectivity index is 1.85. The van der Waals surface area contributed by atoms with Gasteiger partial charge in [0.15, 0.2) is 0 Å². The molecule has 0 spiro atoms. The van der Waals surface area contributed by atoms with Crippen LogP contribution in [0.25, 0.3) is 0 Å². The highest BCUT2D eigenvalue weighted by atomic mass is 19.4. The third-order valence-corrected chi connectivity index (χ3v) is 4.09. The number of carbonyl (C=O) groups excluding carboxylic acids is 1. The van der Waals surface area contributed by atoms with E-state index in [-0.39, 0.29) is 13.2 Å². The number of rotatable bonds is 3. The first-order valence-electron chi connectivity index (χ1n) is 7.25. The zero-order valence-corrected chi connectivity index (χ0v) is 11.7. The summed E-state index contributed by atoms with van der Waals surface area (Å²) in [6.07, 6.45) is -3.25. The number of ether oxygens (including phenoxy) is 1. The van der Waals surface area contributed by atoms with Crippen molar-refractivity contribution in [3.05, 3.63) is 0 Å². The molecular formula is C13H21F3N2O3. The molecule has 122 valence electrons. The SMILES string of the molecule is O=C(N[C@H]1CCCC[C@H]1CC(F)(F)F)N[C@@H]1COC[C@H]1O. The lowest BCUT2D eigenvalue weighted by molar-refractivity contribution is -0.148. The highest BCUT2D eigenvalue weighted by Gasteiger charge is 2.37. The van der Waals surface area contributed by atoms with Gasteiger partial charge in [-0.25, -0.2) is 4.79 Å². The topological polar surface area (TPSA) is 70.6 Å². The van der Waals surface area contributed by atoms with Crippen molar-refractivity contribution in [2.75, 3.05) is 13.2 Å². The fourth-order valence-electron chi connectivity index (χ4n) is 3.00. The Morgan fingerprint density at radius 2 is 1.81 bits per heavy atom. The fourth-order valence-corrected chi connectivity index (χ4v) is 3.00. The molecule has 4 atom stereocenters. The number of hydrogen-bond donors (Lipinski definition) is 3. The molecule has 1 heterocycles. The van der Waals surface area contributed by atoms with E-state index in [1.165, 1.54) is 0 Å². The largest absolute Gasteiger partial charge is 0.389 e. The standard InChI is InChI=1S/C13H21F3N2O3/c14-13(15,16)5-8-3-1-2-4-9(8)17-12(20)18-10-6-21-7-11(10)19/h8-11,19H,1-7H2,(H2,17,18,20)/t8-,9-,10+,11+/m0/s1. The maximum Gasteiger partial charge on any atom is 0.389 e. The van der Waals surface area contributed by atoms with Gasteiger partial charge in [-0.05, 0) is 18.8 Å². The molecule has 8 heteroatoms. The van der Waals surface area contributed by atoms with Crippen LogP contribution in [0.3, 0.4) is 0 Å². The minimum atomic E-state index is -4.21. The van der Waals surface area contributed by atoms with Crippen LogP contribution in [0.2, 0.25) is 0 Å². The van der Waals surface area contributed by atoms with Gasteiger partial charge in [-0.3, -0.25) is 0 Å². The molecule has 1 aliphatic heterocycles. The molecular weight excluding hydrogens is 289 g/mol. The second-order valence-corrected chi connectivity index (χ2v) is 5.80. The molecule has 2 aliphatic rings.